The van der Waals surface area contributed by atoms with Gasteiger partial charge in [0.1, 0.15) is 5.65 Å². The maximum absolute atomic E-state index is 9.11. The molecule has 4 heteroatoms. The van der Waals surface area contributed by atoms with Crippen molar-refractivity contribution in [3.63, 3.8) is 0 Å². The van der Waals surface area contributed by atoms with Gasteiger partial charge in [0.2, 0.25) is 0 Å². The van der Waals surface area contributed by atoms with Crippen molar-refractivity contribution in [2.75, 3.05) is 0 Å². The van der Waals surface area contributed by atoms with Crippen LogP contribution in [0.25, 0.3) is 11.7 Å². The molecule has 0 aliphatic heterocycles. The van der Waals surface area contributed by atoms with Crippen LogP contribution in [0.4, 0.5) is 0 Å². The number of nitrogens with zero attached hydrogens (tertiary/aromatic N) is 2. The van der Waals surface area contributed by atoms with Gasteiger partial charge in [0.15, 0.2) is 0 Å². The fourth-order valence-electron chi connectivity index (χ4n) is 1.31. The van der Waals surface area contributed by atoms with Crippen LogP contribution in [0.1, 0.15) is 12.6 Å². The minimum Gasteiger partial charge on any atom is -0.389 e. The number of hydrogen-bond acceptors (Lipinski definition) is 2. The summed E-state index contributed by atoms with van der Waals surface area (Å²) in [5.74, 6) is 0. The molecule has 3 nitrogen and oxygen atoms in total. The zero-order valence-corrected chi connectivity index (χ0v) is 9.85. The van der Waals surface area contributed by atoms with Crippen molar-refractivity contribution in [1.82, 2.24) is 9.38 Å². The number of aliphatic hydroxyl groups excluding tert-OH is 1. The van der Waals surface area contributed by atoms with E-state index in [1.165, 1.54) is 0 Å². The minimum atomic E-state index is -0.446. The lowest BCUT2D eigenvalue weighted by molar-refractivity contribution is 0.245. The number of aliphatic hydroxyl groups is 1. The summed E-state index contributed by atoms with van der Waals surface area (Å²) in [6.45, 7) is 1.71. The smallest absolute Gasteiger partial charge is 0.138 e. The topological polar surface area (TPSA) is 37.5 Å². The molecule has 2 aromatic heterocycles. The number of rotatable bonds is 2. The van der Waals surface area contributed by atoms with Gasteiger partial charge in [0, 0.05) is 6.20 Å². The lowest BCUT2D eigenvalue weighted by Gasteiger charge is -1.93. The fraction of sp³-hybridized carbons (Fsp3) is 0.182. The molecule has 0 fully saturated rings. The monoisotopic (exact) mass is 266 g/mol. The molecule has 0 aliphatic carbocycles. The van der Waals surface area contributed by atoms with Gasteiger partial charge in [-0.05, 0) is 41.1 Å². The molecule has 1 N–H and O–H groups in total. The van der Waals surface area contributed by atoms with E-state index in [0.29, 0.717) is 0 Å². The average molecular weight is 267 g/mol. The van der Waals surface area contributed by atoms with E-state index in [2.05, 4.69) is 20.9 Å². The summed E-state index contributed by atoms with van der Waals surface area (Å²) in [6, 6.07) is 5.83. The van der Waals surface area contributed by atoms with E-state index in [0.717, 1.165) is 15.9 Å². The predicted molar refractivity (Wildman–Crippen MR) is 63.6 cm³/mol. The van der Waals surface area contributed by atoms with Crippen LogP contribution in [0.3, 0.4) is 0 Å². The first-order valence-electron chi connectivity index (χ1n) is 4.67. The zero-order valence-electron chi connectivity index (χ0n) is 8.26. The first-order valence-corrected chi connectivity index (χ1v) is 5.46. The Balaban J connectivity index is 2.43. The summed E-state index contributed by atoms with van der Waals surface area (Å²) in [6.07, 6.45) is 4.98. The Hall–Kier alpha value is -1.13. The van der Waals surface area contributed by atoms with E-state index in [-0.39, 0.29) is 0 Å². The average Bonchev–Trinajstić information content (AvgIpc) is 2.59. The van der Waals surface area contributed by atoms with Crippen LogP contribution in [0, 0.1) is 0 Å². The van der Waals surface area contributed by atoms with Crippen molar-refractivity contribution >= 4 is 27.7 Å². The molecule has 0 saturated heterocycles. The van der Waals surface area contributed by atoms with Gasteiger partial charge >= 0.3 is 0 Å². The van der Waals surface area contributed by atoms with Gasteiger partial charge in [-0.2, -0.15) is 0 Å². The Bertz CT molecular complexity index is 502. The van der Waals surface area contributed by atoms with Gasteiger partial charge in [-0.1, -0.05) is 12.1 Å². The first kappa shape index (κ1) is 10.4. The quantitative estimate of drug-likeness (QED) is 0.849. The molecule has 0 radical (unpaired) electrons. The van der Waals surface area contributed by atoms with E-state index in [1.807, 2.05) is 34.9 Å². The highest BCUT2D eigenvalue weighted by Crippen LogP contribution is 2.14. The van der Waals surface area contributed by atoms with Gasteiger partial charge in [-0.15, -0.1) is 0 Å². The molecule has 0 aliphatic rings. The van der Waals surface area contributed by atoms with Crippen LogP contribution in [0.15, 0.2) is 35.1 Å². The van der Waals surface area contributed by atoms with Crippen molar-refractivity contribution in [1.29, 1.82) is 0 Å². The Morgan fingerprint density at radius 3 is 3.00 bits per heavy atom. The summed E-state index contributed by atoms with van der Waals surface area (Å²) in [5.41, 5.74) is 1.72. The Labute approximate surface area is 96.2 Å². The summed E-state index contributed by atoms with van der Waals surface area (Å²) in [4.78, 5) is 4.38. The molecule has 2 aromatic rings. The molecule has 0 bridgehead atoms. The molecule has 0 aromatic carbocycles. The van der Waals surface area contributed by atoms with Gasteiger partial charge in [-0.25, -0.2) is 4.98 Å². The molecular weight excluding hydrogens is 256 g/mol. The van der Waals surface area contributed by atoms with Crippen molar-refractivity contribution in [3.05, 3.63) is 40.8 Å². The Kier molecular flexibility index (Phi) is 2.88. The first-order chi connectivity index (χ1) is 7.16. The molecule has 2 heterocycles. The number of fused-ring (bicyclic) bond motifs is 1. The molecule has 0 amide bonds. The van der Waals surface area contributed by atoms with E-state index < -0.39 is 6.10 Å². The summed E-state index contributed by atoms with van der Waals surface area (Å²) in [5, 5.41) is 9.11. The second-order valence-electron chi connectivity index (χ2n) is 3.34. The number of halogens is 1. The SMILES string of the molecule is CC(O)/C=C/c1cn2c(Br)cccc2n1. The maximum Gasteiger partial charge on any atom is 0.138 e. The van der Waals surface area contributed by atoms with Gasteiger partial charge in [-0.3, -0.25) is 4.40 Å². The van der Waals surface area contributed by atoms with E-state index in [4.69, 9.17) is 5.11 Å². The zero-order chi connectivity index (χ0) is 10.8. The number of hydrogen-bond donors (Lipinski definition) is 1. The van der Waals surface area contributed by atoms with Crippen molar-refractivity contribution in [2.45, 2.75) is 13.0 Å². The highest BCUT2D eigenvalue weighted by atomic mass is 79.9. The van der Waals surface area contributed by atoms with Crippen LogP contribution in [-0.2, 0) is 0 Å². The highest BCUT2D eigenvalue weighted by molar-refractivity contribution is 9.10. The van der Waals surface area contributed by atoms with E-state index >= 15 is 0 Å². The maximum atomic E-state index is 9.11. The summed E-state index contributed by atoms with van der Waals surface area (Å²) in [7, 11) is 0. The lowest BCUT2D eigenvalue weighted by Crippen LogP contribution is -1.91. The third kappa shape index (κ3) is 2.27. The summed E-state index contributed by atoms with van der Waals surface area (Å²) >= 11 is 3.44. The molecule has 1 atom stereocenters. The number of imidazole rings is 1. The number of aromatic nitrogens is 2. The molecule has 1 unspecified atom stereocenters. The molecule has 0 spiro atoms. The Morgan fingerprint density at radius 2 is 2.33 bits per heavy atom. The summed E-state index contributed by atoms with van der Waals surface area (Å²) < 4.78 is 2.91. The molecule has 2 rings (SSSR count). The van der Waals surface area contributed by atoms with Crippen molar-refractivity contribution < 1.29 is 5.11 Å². The van der Waals surface area contributed by atoms with Crippen LogP contribution in [0.5, 0.6) is 0 Å². The standard InChI is InChI=1S/C11H11BrN2O/c1-8(15)5-6-9-7-14-10(12)3-2-4-11(14)13-9/h2-8,15H,1H3/b6-5+. The van der Waals surface area contributed by atoms with Crippen LogP contribution in [0.2, 0.25) is 0 Å². The van der Waals surface area contributed by atoms with Crippen LogP contribution >= 0.6 is 15.9 Å². The number of pyridine rings is 1. The normalized spacial score (nSPS) is 13.8. The van der Waals surface area contributed by atoms with Gasteiger partial charge in [0.25, 0.3) is 0 Å². The molecule has 15 heavy (non-hydrogen) atoms. The predicted octanol–water partition coefficient (Wildman–Crippen LogP) is 2.49. The van der Waals surface area contributed by atoms with Gasteiger partial charge in [0.05, 0.1) is 16.4 Å². The van der Waals surface area contributed by atoms with Gasteiger partial charge < -0.3 is 5.11 Å². The molecular formula is C11H11BrN2O. The highest BCUT2D eigenvalue weighted by Gasteiger charge is 2.00. The largest absolute Gasteiger partial charge is 0.389 e. The Morgan fingerprint density at radius 1 is 1.53 bits per heavy atom. The second kappa shape index (κ2) is 4.16. The van der Waals surface area contributed by atoms with Crippen LogP contribution in [-0.4, -0.2) is 20.6 Å². The van der Waals surface area contributed by atoms with Crippen molar-refractivity contribution in [3.8, 4) is 0 Å². The third-order valence-corrected chi connectivity index (χ3v) is 2.65. The minimum absolute atomic E-state index is 0.446. The van der Waals surface area contributed by atoms with E-state index in [9.17, 15) is 0 Å². The second-order valence-corrected chi connectivity index (χ2v) is 4.15. The molecule has 0 saturated carbocycles. The van der Waals surface area contributed by atoms with E-state index in [1.54, 1.807) is 13.0 Å². The van der Waals surface area contributed by atoms with Crippen LogP contribution < -0.4 is 0 Å². The lowest BCUT2D eigenvalue weighted by atomic mass is 10.3. The molecule has 78 valence electrons. The van der Waals surface area contributed by atoms with Crippen molar-refractivity contribution in [2.24, 2.45) is 0 Å². The fourth-order valence-corrected chi connectivity index (χ4v) is 1.75. The third-order valence-electron chi connectivity index (χ3n) is 2.01.